The molecule has 0 bridgehead atoms. The number of halogens is 1. The van der Waals surface area contributed by atoms with Gasteiger partial charge in [-0.15, -0.1) is 0 Å². The summed E-state index contributed by atoms with van der Waals surface area (Å²) in [6, 6.07) is 18.7. The average Bonchev–Trinajstić information content (AvgIpc) is 2.56. The van der Waals surface area contributed by atoms with Gasteiger partial charge in [0, 0.05) is 24.0 Å². The van der Waals surface area contributed by atoms with E-state index in [0.29, 0.717) is 11.8 Å². The first-order chi connectivity index (χ1) is 11.1. The summed E-state index contributed by atoms with van der Waals surface area (Å²) < 4.78 is 0. The Balaban J connectivity index is 1.77. The zero-order valence-corrected chi connectivity index (χ0v) is 14.3. The van der Waals surface area contributed by atoms with Crippen LogP contribution in [0.4, 0.5) is 0 Å². The van der Waals surface area contributed by atoms with Crippen LogP contribution in [0.15, 0.2) is 54.6 Å². The van der Waals surface area contributed by atoms with E-state index in [1.165, 1.54) is 11.1 Å². The number of aliphatic hydroxyl groups excluding tert-OH is 1. The van der Waals surface area contributed by atoms with Gasteiger partial charge in [0.15, 0.2) is 0 Å². The Kier molecular flexibility index (Phi) is 5.37. The molecule has 3 rings (SSSR count). The van der Waals surface area contributed by atoms with Crippen molar-refractivity contribution in [2.75, 3.05) is 13.1 Å². The number of aliphatic hydroxyl groups is 1. The number of hydrogen-bond acceptors (Lipinski definition) is 2. The van der Waals surface area contributed by atoms with Crippen molar-refractivity contribution in [3.8, 4) is 0 Å². The zero-order valence-electron chi connectivity index (χ0n) is 13.5. The second-order valence-corrected chi connectivity index (χ2v) is 7.01. The van der Waals surface area contributed by atoms with E-state index in [2.05, 4.69) is 47.4 Å². The number of likely N-dealkylation sites (tertiary alicyclic amines) is 1. The molecule has 0 aliphatic carbocycles. The van der Waals surface area contributed by atoms with E-state index in [1.807, 2.05) is 19.1 Å². The van der Waals surface area contributed by atoms with Crippen molar-refractivity contribution >= 4 is 11.6 Å². The summed E-state index contributed by atoms with van der Waals surface area (Å²) in [6.07, 6.45) is 0.743. The van der Waals surface area contributed by atoms with Crippen LogP contribution in [0.2, 0.25) is 5.02 Å². The molecule has 23 heavy (non-hydrogen) atoms. The average molecular weight is 330 g/mol. The van der Waals surface area contributed by atoms with Crippen LogP contribution in [0, 0.1) is 5.92 Å². The van der Waals surface area contributed by atoms with Gasteiger partial charge in [-0.3, -0.25) is 4.90 Å². The van der Waals surface area contributed by atoms with Crippen molar-refractivity contribution in [3.63, 3.8) is 0 Å². The molecule has 1 saturated heterocycles. The first-order valence-electron chi connectivity index (χ1n) is 8.33. The SMILES string of the molecule is C[C@H](O)[C@H]1CCN(Cc2ccccc2)C[C@H]1c1ccc(Cl)cc1. The largest absolute Gasteiger partial charge is 0.393 e. The minimum atomic E-state index is -0.283. The van der Waals surface area contributed by atoms with Gasteiger partial charge in [0.05, 0.1) is 6.10 Å². The Morgan fingerprint density at radius 2 is 1.83 bits per heavy atom. The Morgan fingerprint density at radius 1 is 1.13 bits per heavy atom. The Bertz CT molecular complexity index is 611. The first-order valence-corrected chi connectivity index (χ1v) is 8.71. The van der Waals surface area contributed by atoms with E-state index in [1.54, 1.807) is 0 Å². The monoisotopic (exact) mass is 329 g/mol. The fraction of sp³-hybridized carbons (Fsp3) is 0.400. The number of nitrogens with zero attached hydrogens (tertiary/aromatic N) is 1. The predicted molar refractivity (Wildman–Crippen MR) is 95.7 cm³/mol. The fourth-order valence-corrected chi connectivity index (χ4v) is 3.79. The summed E-state index contributed by atoms with van der Waals surface area (Å²) in [4.78, 5) is 2.49. The smallest absolute Gasteiger partial charge is 0.0547 e. The highest BCUT2D eigenvalue weighted by Gasteiger charge is 2.33. The Morgan fingerprint density at radius 3 is 2.48 bits per heavy atom. The third-order valence-electron chi connectivity index (χ3n) is 4.92. The van der Waals surface area contributed by atoms with Crippen molar-refractivity contribution < 1.29 is 5.11 Å². The van der Waals surface area contributed by atoms with Gasteiger partial charge in [0.25, 0.3) is 0 Å². The van der Waals surface area contributed by atoms with Crippen LogP contribution < -0.4 is 0 Å². The number of benzene rings is 2. The molecule has 0 aromatic heterocycles. The van der Waals surface area contributed by atoms with Crippen LogP contribution >= 0.6 is 11.6 Å². The Labute approximate surface area is 143 Å². The van der Waals surface area contributed by atoms with Crippen molar-refractivity contribution in [2.45, 2.75) is 31.9 Å². The van der Waals surface area contributed by atoms with Gasteiger partial charge in [0.1, 0.15) is 0 Å². The first kappa shape index (κ1) is 16.5. The minimum absolute atomic E-state index is 0.283. The quantitative estimate of drug-likeness (QED) is 0.902. The van der Waals surface area contributed by atoms with Crippen LogP contribution in [-0.2, 0) is 6.54 Å². The van der Waals surface area contributed by atoms with Gasteiger partial charge in [-0.1, -0.05) is 54.1 Å². The summed E-state index contributed by atoms with van der Waals surface area (Å²) in [7, 11) is 0. The molecule has 2 nitrogen and oxygen atoms in total. The molecular formula is C20H24ClNO. The van der Waals surface area contributed by atoms with Crippen LogP contribution in [0.3, 0.4) is 0 Å². The van der Waals surface area contributed by atoms with Gasteiger partial charge in [-0.25, -0.2) is 0 Å². The normalized spacial score (nSPS) is 23.6. The molecule has 1 fully saturated rings. The minimum Gasteiger partial charge on any atom is -0.393 e. The van der Waals surface area contributed by atoms with Crippen molar-refractivity contribution in [1.82, 2.24) is 4.90 Å². The molecule has 0 amide bonds. The second kappa shape index (κ2) is 7.48. The summed E-state index contributed by atoms with van der Waals surface area (Å²) >= 11 is 6.03. The zero-order chi connectivity index (χ0) is 16.2. The lowest BCUT2D eigenvalue weighted by atomic mass is 9.78. The molecule has 2 aromatic rings. The number of piperidine rings is 1. The van der Waals surface area contributed by atoms with Gasteiger partial charge >= 0.3 is 0 Å². The van der Waals surface area contributed by atoms with Crippen molar-refractivity contribution in [3.05, 3.63) is 70.7 Å². The molecule has 2 aromatic carbocycles. The maximum atomic E-state index is 10.2. The molecule has 1 N–H and O–H groups in total. The third-order valence-corrected chi connectivity index (χ3v) is 5.17. The number of rotatable bonds is 4. The van der Waals surface area contributed by atoms with E-state index >= 15 is 0 Å². The molecule has 3 heteroatoms. The fourth-order valence-electron chi connectivity index (χ4n) is 3.66. The van der Waals surface area contributed by atoms with Gasteiger partial charge in [0.2, 0.25) is 0 Å². The third kappa shape index (κ3) is 4.14. The second-order valence-electron chi connectivity index (χ2n) is 6.57. The molecule has 0 spiro atoms. The molecule has 3 atom stereocenters. The summed E-state index contributed by atoms with van der Waals surface area (Å²) in [5.41, 5.74) is 2.62. The highest BCUT2D eigenvalue weighted by atomic mass is 35.5. The van der Waals surface area contributed by atoms with Crippen LogP contribution in [0.25, 0.3) is 0 Å². The van der Waals surface area contributed by atoms with E-state index in [0.717, 1.165) is 31.1 Å². The topological polar surface area (TPSA) is 23.5 Å². The maximum absolute atomic E-state index is 10.2. The lowest BCUT2D eigenvalue weighted by molar-refractivity contribution is 0.0520. The van der Waals surface area contributed by atoms with Crippen molar-refractivity contribution in [1.29, 1.82) is 0 Å². The van der Waals surface area contributed by atoms with Gasteiger partial charge in [-0.05, 0) is 49.1 Å². The number of hydrogen-bond donors (Lipinski definition) is 1. The maximum Gasteiger partial charge on any atom is 0.0547 e. The van der Waals surface area contributed by atoms with Gasteiger partial charge < -0.3 is 5.11 Å². The lowest BCUT2D eigenvalue weighted by Crippen LogP contribution is -2.42. The summed E-state index contributed by atoms with van der Waals surface area (Å²) in [5, 5.41) is 11.0. The van der Waals surface area contributed by atoms with E-state index < -0.39 is 0 Å². The molecule has 122 valence electrons. The van der Waals surface area contributed by atoms with Crippen LogP contribution in [0.1, 0.15) is 30.4 Å². The van der Waals surface area contributed by atoms with Gasteiger partial charge in [-0.2, -0.15) is 0 Å². The highest BCUT2D eigenvalue weighted by Crippen LogP contribution is 2.35. The molecule has 0 unspecified atom stereocenters. The molecule has 1 aliphatic heterocycles. The molecule has 1 heterocycles. The molecule has 0 saturated carbocycles. The van der Waals surface area contributed by atoms with E-state index in [9.17, 15) is 5.11 Å². The summed E-state index contributed by atoms with van der Waals surface area (Å²) in [6.45, 7) is 4.90. The standard InChI is InChI=1S/C20H24ClNO/c1-15(23)19-11-12-22(13-16-5-3-2-4-6-16)14-20(19)17-7-9-18(21)10-8-17/h2-10,15,19-20,23H,11-14H2,1H3/t15-,19+,20-/m0/s1. The molecular weight excluding hydrogens is 306 g/mol. The highest BCUT2D eigenvalue weighted by molar-refractivity contribution is 6.30. The Hall–Kier alpha value is -1.35. The van der Waals surface area contributed by atoms with E-state index in [4.69, 9.17) is 11.6 Å². The lowest BCUT2D eigenvalue weighted by Gasteiger charge is -2.40. The van der Waals surface area contributed by atoms with E-state index in [-0.39, 0.29) is 6.10 Å². The molecule has 1 aliphatic rings. The van der Waals surface area contributed by atoms with Crippen molar-refractivity contribution in [2.24, 2.45) is 5.92 Å². The molecule has 0 radical (unpaired) electrons. The summed E-state index contributed by atoms with van der Waals surface area (Å²) in [5.74, 6) is 0.660. The van der Waals surface area contributed by atoms with Crippen LogP contribution in [-0.4, -0.2) is 29.2 Å². The van der Waals surface area contributed by atoms with Crippen LogP contribution in [0.5, 0.6) is 0 Å². The predicted octanol–water partition coefficient (Wildman–Crippen LogP) is 4.33.